The monoisotopic (exact) mass is 299 g/mol. The zero-order valence-electron chi connectivity index (χ0n) is 10.3. The van der Waals surface area contributed by atoms with Crippen LogP contribution in [0.4, 0.5) is 0 Å². The molecule has 0 amide bonds. The van der Waals surface area contributed by atoms with Crippen molar-refractivity contribution in [2.45, 2.75) is 25.0 Å². The second-order valence-corrected chi connectivity index (χ2v) is 5.06. The highest BCUT2D eigenvalue weighted by Gasteiger charge is 2.21. The Morgan fingerprint density at radius 2 is 2.05 bits per heavy atom. The lowest BCUT2D eigenvalue weighted by molar-refractivity contribution is -0.136. The summed E-state index contributed by atoms with van der Waals surface area (Å²) in [6.45, 7) is -0.280. The van der Waals surface area contributed by atoms with Gasteiger partial charge < -0.3 is 15.3 Å². The number of aliphatic hydroxyl groups excluding tert-OH is 2. The first-order valence-electron chi connectivity index (χ1n) is 5.67. The smallest absolute Gasteiger partial charge is 0.303 e. The van der Waals surface area contributed by atoms with E-state index in [9.17, 15) is 19.8 Å². The summed E-state index contributed by atoms with van der Waals surface area (Å²) in [5.74, 6) is -1.39. The summed E-state index contributed by atoms with van der Waals surface area (Å²) in [4.78, 5) is 25.2. The van der Waals surface area contributed by atoms with E-state index in [2.05, 4.69) is 10.0 Å². The lowest BCUT2D eigenvalue weighted by Crippen LogP contribution is -2.20. The number of carbonyl (C=O) groups is 2. The first-order valence-corrected chi connectivity index (χ1v) is 6.49. The van der Waals surface area contributed by atoms with Gasteiger partial charge in [-0.15, -0.1) is 11.3 Å². The molecule has 0 saturated carbocycles. The molecule has 1 aromatic rings. The molecule has 2 atom stereocenters. The maximum atomic E-state index is 11.7. The van der Waals surface area contributed by atoms with Crippen molar-refractivity contribution in [1.29, 1.82) is 0 Å². The summed E-state index contributed by atoms with van der Waals surface area (Å²) >= 11 is 0.975. The molecular weight excluding hydrogens is 286 g/mol. The van der Waals surface area contributed by atoms with E-state index in [1.165, 1.54) is 12.1 Å². The van der Waals surface area contributed by atoms with Crippen LogP contribution >= 0.6 is 11.3 Å². The molecule has 1 aromatic heterocycles. The molecule has 0 aliphatic heterocycles. The van der Waals surface area contributed by atoms with Crippen molar-refractivity contribution in [2.75, 3.05) is 6.54 Å². The van der Waals surface area contributed by atoms with E-state index in [1.807, 2.05) is 0 Å². The minimum absolute atomic E-state index is 0.118. The normalized spacial score (nSPS) is 13.3. The number of hydrogen-bond donors (Lipinski definition) is 3. The number of carboxylic acids is 1. The van der Waals surface area contributed by atoms with Gasteiger partial charge in [0.05, 0.1) is 23.9 Å². The Morgan fingerprint density at radius 1 is 1.35 bits per heavy atom. The highest BCUT2D eigenvalue weighted by atomic mass is 32.1. The fraction of sp³-hybridized carbons (Fsp3) is 0.455. The van der Waals surface area contributed by atoms with Crippen molar-refractivity contribution >= 4 is 23.1 Å². The quantitative estimate of drug-likeness (QED) is 0.288. The SMILES string of the molecule is [N-]=[N+]=NCC(O)C(O)c1ccc(C(=O)CCC(=O)O)s1. The Bertz CT molecular complexity index is 538. The molecule has 8 nitrogen and oxygen atoms in total. The van der Waals surface area contributed by atoms with Gasteiger partial charge in [0.1, 0.15) is 6.10 Å². The molecule has 3 N–H and O–H groups in total. The highest BCUT2D eigenvalue weighted by Crippen LogP contribution is 2.27. The second kappa shape index (κ2) is 7.61. The van der Waals surface area contributed by atoms with Crippen LogP contribution in [0.25, 0.3) is 10.4 Å². The lowest BCUT2D eigenvalue weighted by atomic mass is 10.1. The Balaban J connectivity index is 2.68. The van der Waals surface area contributed by atoms with Crippen molar-refractivity contribution in [2.24, 2.45) is 5.11 Å². The molecule has 0 radical (unpaired) electrons. The molecule has 0 saturated heterocycles. The number of aliphatic hydroxyl groups is 2. The first-order chi connectivity index (χ1) is 9.45. The fourth-order valence-corrected chi connectivity index (χ4v) is 2.43. The molecule has 20 heavy (non-hydrogen) atoms. The molecule has 1 rings (SSSR count). The first kappa shape index (κ1) is 16.1. The number of Topliss-reactive ketones (excluding diaryl/α,β-unsaturated/α-hetero) is 1. The van der Waals surface area contributed by atoms with Gasteiger partial charge in [-0.05, 0) is 17.7 Å². The van der Waals surface area contributed by atoms with Gasteiger partial charge in [0.2, 0.25) is 0 Å². The third-order valence-electron chi connectivity index (χ3n) is 2.46. The average Bonchev–Trinajstić information content (AvgIpc) is 2.90. The third kappa shape index (κ3) is 4.63. The minimum atomic E-state index is -1.26. The molecule has 2 unspecified atom stereocenters. The number of thiophene rings is 1. The van der Waals surface area contributed by atoms with Crippen molar-refractivity contribution in [1.82, 2.24) is 0 Å². The molecule has 1 heterocycles. The predicted octanol–water partition coefficient (Wildman–Crippen LogP) is 1.50. The van der Waals surface area contributed by atoms with Crippen molar-refractivity contribution < 1.29 is 24.9 Å². The molecule has 0 aromatic carbocycles. The maximum absolute atomic E-state index is 11.7. The number of hydrogen-bond acceptors (Lipinski definition) is 6. The number of carboxylic acid groups (broad SMARTS) is 1. The van der Waals surface area contributed by atoms with E-state index >= 15 is 0 Å². The number of nitrogens with zero attached hydrogens (tertiary/aromatic N) is 3. The number of aliphatic carboxylic acids is 1. The molecule has 0 aliphatic rings. The number of azide groups is 1. The van der Waals surface area contributed by atoms with Gasteiger partial charge in [0.15, 0.2) is 5.78 Å². The standard InChI is InChI=1S/C11H13N3O5S/c12-14-13-5-7(16)11(19)9-3-2-8(20-9)6(15)1-4-10(17)18/h2-3,7,11,16,19H,1,4-5H2,(H,17,18). The highest BCUT2D eigenvalue weighted by molar-refractivity contribution is 7.14. The van der Waals surface area contributed by atoms with Gasteiger partial charge in [-0.2, -0.15) is 0 Å². The van der Waals surface area contributed by atoms with E-state index in [0.717, 1.165) is 11.3 Å². The molecule has 0 spiro atoms. The molecule has 9 heteroatoms. The maximum Gasteiger partial charge on any atom is 0.303 e. The van der Waals surface area contributed by atoms with Crippen LogP contribution in [0.2, 0.25) is 0 Å². The van der Waals surface area contributed by atoms with Gasteiger partial charge >= 0.3 is 5.97 Å². The van der Waals surface area contributed by atoms with E-state index in [0.29, 0.717) is 9.75 Å². The van der Waals surface area contributed by atoms with Crippen LogP contribution in [0.3, 0.4) is 0 Å². The zero-order valence-corrected chi connectivity index (χ0v) is 11.2. The Morgan fingerprint density at radius 3 is 2.65 bits per heavy atom. The lowest BCUT2D eigenvalue weighted by Gasteiger charge is -2.13. The second-order valence-electron chi connectivity index (χ2n) is 3.94. The van der Waals surface area contributed by atoms with E-state index in [-0.39, 0.29) is 25.2 Å². The van der Waals surface area contributed by atoms with Gasteiger partial charge in [-0.25, -0.2) is 0 Å². The van der Waals surface area contributed by atoms with Crippen LogP contribution in [0, 0.1) is 0 Å². The van der Waals surface area contributed by atoms with Crippen LogP contribution < -0.4 is 0 Å². The molecule has 0 fully saturated rings. The summed E-state index contributed by atoms with van der Waals surface area (Å²) in [7, 11) is 0. The van der Waals surface area contributed by atoms with Crippen LogP contribution in [0.5, 0.6) is 0 Å². The largest absolute Gasteiger partial charge is 0.481 e. The van der Waals surface area contributed by atoms with Crippen molar-refractivity contribution in [3.8, 4) is 0 Å². The van der Waals surface area contributed by atoms with Gasteiger partial charge in [-0.3, -0.25) is 9.59 Å². The Kier molecular flexibility index (Phi) is 6.13. The molecule has 108 valence electrons. The molecule has 0 aliphatic carbocycles. The van der Waals surface area contributed by atoms with E-state index in [4.69, 9.17) is 10.6 Å². The number of ketones is 1. The van der Waals surface area contributed by atoms with Crippen LogP contribution in [-0.4, -0.2) is 39.7 Å². The van der Waals surface area contributed by atoms with E-state index in [1.54, 1.807) is 0 Å². The summed E-state index contributed by atoms with van der Waals surface area (Å²) in [6.07, 6.45) is -2.89. The van der Waals surface area contributed by atoms with Crippen LogP contribution in [0.15, 0.2) is 17.2 Å². The Labute approximate surface area is 117 Å². The van der Waals surface area contributed by atoms with E-state index < -0.39 is 18.2 Å². The number of carbonyl (C=O) groups excluding carboxylic acids is 1. The van der Waals surface area contributed by atoms with Gasteiger partial charge in [0, 0.05) is 16.2 Å². The number of rotatable bonds is 8. The van der Waals surface area contributed by atoms with Crippen molar-refractivity contribution in [3.63, 3.8) is 0 Å². The zero-order chi connectivity index (χ0) is 15.1. The molecular formula is C11H13N3O5S. The average molecular weight is 299 g/mol. The minimum Gasteiger partial charge on any atom is -0.481 e. The molecule has 0 bridgehead atoms. The fourth-order valence-electron chi connectivity index (χ4n) is 1.41. The topological polar surface area (TPSA) is 144 Å². The van der Waals surface area contributed by atoms with Gasteiger partial charge in [0.25, 0.3) is 0 Å². The van der Waals surface area contributed by atoms with Crippen LogP contribution in [0.1, 0.15) is 33.5 Å². The van der Waals surface area contributed by atoms with Gasteiger partial charge in [-0.1, -0.05) is 5.11 Å². The van der Waals surface area contributed by atoms with Crippen molar-refractivity contribution in [3.05, 3.63) is 32.3 Å². The summed E-state index contributed by atoms with van der Waals surface area (Å²) in [5, 5.41) is 31.0. The summed E-state index contributed by atoms with van der Waals surface area (Å²) in [6, 6.07) is 2.94. The summed E-state index contributed by atoms with van der Waals surface area (Å²) < 4.78 is 0. The Hall–Kier alpha value is -1.93. The van der Waals surface area contributed by atoms with Crippen LogP contribution in [-0.2, 0) is 4.79 Å². The summed E-state index contributed by atoms with van der Waals surface area (Å²) in [5.41, 5.74) is 8.12. The third-order valence-corrected chi connectivity index (χ3v) is 3.65. The predicted molar refractivity (Wildman–Crippen MR) is 70.5 cm³/mol.